The molecule has 0 unspecified atom stereocenters. The molecule has 5 nitrogen and oxygen atoms in total. The molecule has 244 valence electrons. The third-order valence-corrected chi connectivity index (χ3v) is 10.4. The molecule has 50 heavy (non-hydrogen) atoms. The van der Waals surface area contributed by atoms with E-state index in [1.165, 1.54) is 40.8 Å². The highest BCUT2D eigenvalue weighted by Crippen LogP contribution is 2.38. The number of pyridine rings is 1. The summed E-state index contributed by atoms with van der Waals surface area (Å²) in [5.41, 5.74) is 14.5. The van der Waals surface area contributed by atoms with E-state index in [0.29, 0.717) is 0 Å². The summed E-state index contributed by atoms with van der Waals surface area (Å²) in [7, 11) is 0. The van der Waals surface area contributed by atoms with E-state index >= 15 is 0 Å². The van der Waals surface area contributed by atoms with Crippen molar-refractivity contribution in [2.75, 3.05) is 0 Å². The number of ether oxygens (including phenoxy) is 2. The fraction of sp³-hybridized carbons (Fsp3) is 0.182. The molecule has 2 aliphatic rings. The number of hydrogen-bond donors (Lipinski definition) is 0. The Morgan fingerprint density at radius 2 is 1.38 bits per heavy atom. The highest BCUT2D eigenvalue weighted by atomic mass is 16.5. The Kier molecular flexibility index (Phi) is 7.34. The molecule has 9 rings (SSSR count). The van der Waals surface area contributed by atoms with Crippen LogP contribution in [0.1, 0.15) is 48.9 Å². The van der Waals surface area contributed by atoms with E-state index in [1.807, 2.05) is 6.20 Å². The lowest BCUT2D eigenvalue weighted by Crippen LogP contribution is -2.57. The first-order valence-electron chi connectivity index (χ1n) is 17.8. The lowest BCUT2D eigenvalue weighted by molar-refractivity contribution is 0.463. The van der Waals surface area contributed by atoms with Crippen LogP contribution in [-0.4, -0.2) is 21.2 Å². The van der Waals surface area contributed by atoms with Crippen molar-refractivity contribution in [3.05, 3.63) is 132 Å². The average molecular weight is 652 g/mol. The number of benzene rings is 5. The molecule has 5 aromatic carbocycles. The predicted molar refractivity (Wildman–Crippen MR) is 205 cm³/mol. The number of rotatable bonds is 7. The SMILES string of the molecule is CCCCc1ccnc(-c2ccc3c(c2)B2c4cc(-c5nc6ccccc6n5-c5c(C)cccc5C)ccc4Oc4cc(CC)cc(c42)O3)c1. The monoisotopic (exact) mass is 651 g/mol. The predicted octanol–water partition coefficient (Wildman–Crippen LogP) is 9.00. The van der Waals surface area contributed by atoms with Crippen molar-refractivity contribution in [2.24, 2.45) is 0 Å². The normalized spacial score (nSPS) is 12.6. The largest absolute Gasteiger partial charge is 0.458 e. The van der Waals surface area contributed by atoms with Crippen LogP contribution in [0.2, 0.25) is 0 Å². The van der Waals surface area contributed by atoms with Gasteiger partial charge in [0.2, 0.25) is 0 Å². The van der Waals surface area contributed by atoms with E-state index in [9.17, 15) is 0 Å². The zero-order valence-corrected chi connectivity index (χ0v) is 29.0. The number of unbranched alkanes of at least 4 members (excludes halogenated alkanes) is 1. The molecule has 0 saturated heterocycles. The van der Waals surface area contributed by atoms with Crippen LogP contribution < -0.4 is 25.9 Å². The van der Waals surface area contributed by atoms with Gasteiger partial charge in [0.1, 0.15) is 28.8 Å². The van der Waals surface area contributed by atoms with Crippen molar-refractivity contribution >= 4 is 34.1 Å². The quantitative estimate of drug-likeness (QED) is 0.162. The van der Waals surface area contributed by atoms with Gasteiger partial charge in [0, 0.05) is 17.2 Å². The molecule has 0 aliphatic carbocycles. The fourth-order valence-electron chi connectivity index (χ4n) is 7.83. The molecule has 2 aliphatic heterocycles. The van der Waals surface area contributed by atoms with Gasteiger partial charge in [0.15, 0.2) is 0 Å². The van der Waals surface area contributed by atoms with Crippen molar-refractivity contribution in [1.29, 1.82) is 0 Å². The molecule has 0 saturated carbocycles. The van der Waals surface area contributed by atoms with Crippen LogP contribution >= 0.6 is 0 Å². The Hall–Kier alpha value is -5.62. The van der Waals surface area contributed by atoms with E-state index in [2.05, 4.69) is 135 Å². The zero-order chi connectivity index (χ0) is 33.9. The van der Waals surface area contributed by atoms with Crippen LogP contribution in [-0.2, 0) is 12.8 Å². The van der Waals surface area contributed by atoms with Crippen molar-refractivity contribution in [1.82, 2.24) is 14.5 Å². The summed E-state index contributed by atoms with van der Waals surface area (Å²) < 4.78 is 15.7. The number of nitrogens with zero attached hydrogens (tertiary/aromatic N) is 3. The number of para-hydroxylation sites is 3. The number of aryl methyl sites for hydroxylation is 4. The minimum atomic E-state index is -0.0837. The number of fused-ring (bicyclic) bond motifs is 5. The number of imidazole rings is 1. The van der Waals surface area contributed by atoms with Crippen molar-refractivity contribution in [3.63, 3.8) is 0 Å². The molecule has 0 amide bonds. The third kappa shape index (κ3) is 4.93. The molecule has 7 aromatic rings. The van der Waals surface area contributed by atoms with Crippen LogP contribution in [0.25, 0.3) is 39.4 Å². The molecule has 0 radical (unpaired) electrons. The summed E-state index contributed by atoms with van der Waals surface area (Å²) in [5.74, 6) is 4.37. The smallest absolute Gasteiger partial charge is 0.260 e. The number of aromatic nitrogens is 3. The molecule has 0 atom stereocenters. The van der Waals surface area contributed by atoms with E-state index in [-0.39, 0.29) is 6.71 Å². The average Bonchev–Trinajstić information content (AvgIpc) is 3.52. The van der Waals surface area contributed by atoms with Crippen molar-refractivity contribution < 1.29 is 9.47 Å². The summed E-state index contributed by atoms with van der Waals surface area (Å²) in [6.45, 7) is 8.67. The fourth-order valence-corrected chi connectivity index (χ4v) is 7.83. The highest BCUT2D eigenvalue weighted by molar-refractivity contribution is 6.98. The molecule has 4 heterocycles. The molecular weight excluding hydrogens is 613 g/mol. The Balaban J connectivity index is 1.25. The Labute approximate surface area is 293 Å². The van der Waals surface area contributed by atoms with Crippen LogP contribution in [0.4, 0.5) is 0 Å². The van der Waals surface area contributed by atoms with Crippen LogP contribution in [0.3, 0.4) is 0 Å². The first kappa shape index (κ1) is 30.4. The van der Waals surface area contributed by atoms with Gasteiger partial charge in [-0.2, -0.15) is 0 Å². The maximum Gasteiger partial charge on any atom is 0.260 e. The minimum absolute atomic E-state index is 0.0837. The molecule has 0 fully saturated rings. The van der Waals surface area contributed by atoms with E-state index in [1.54, 1.807) is 0 Å². The van der Waals surface area contributed by atoms with Gasteiger partial charge in [-0.25, -0.2) is 4.98 Å². The van der Waals surface area contributed by atoms with Gasteiger partial charge in [-0.15, -0.1) is 0 Å². The summed E-state index contributed by atoms with van der Waals surface area (Å²) in [5, 5.41) is 0. The topological polar surface area (TPSA) is 49.2 Å². The lowest BCUT2D eigenvalue weighted by Gasteiger charge is -2.33. The standard InChI is InChI=1S/C44H38BN3O2/c1-5-7-13-30-20-21-46-36(22-30)31-16-18-38-33(25-31)45-34-26-32(17-19-39(34)50-41-24-29(6-2)23-40(49-38)42(41)45)44-47-35-14-8-9-15-37(35)48(44)43-27(3)11-10-12-28(43)4/h8-12,14-26H,5-7,13H2,1-4H3. The summed E-state index contributed by atoms with van der Waals surface area (Å²) >= 11 is 0. The lowest BCUT2D eigenvalue weighted by atomic mass is 9.34. The summed E-state index contributed by atoms with van der Waals surface area (Å²) in [6, 6.07) is 36.7. The molecule has 2 aromatic heterocycles. The molecule has 0 N–H and O–H groups in total. The Morgan fingerprint density at radius 3 is 2.10 bits per heavy atom. The van der Waals surface area contributed by atoms with Gasteiger partial charge in [-0.1, -0.05) is 62.7 Å². The van der Waals surface area contributed by atoms with Crippen LogP contribution in [0, 0.1) is 13.8 Å². The minimum Gasteiger partial charge on any atom is -0.458 e. The van der Waals surface area contributed by atoms with Gasteiger partial charge in [-0.05, 0) is 133 Å². The summed E-state index contributed by atoms with van der Waals surface area (Å²) in [6.07, 6.45) is 6.22. The summed E-state index contributed by atoms with van der Waals surface area (Å²) in [4.78, 5) is 10.1. The van der Waals surface area contributed by atoms with Gasteiger partial charge in [0.05, 0.1) is 22.4 Å². The van der Waals surface area contributed by atoms with E-state index < -0.39 is 0 Å². The van der Waals surface area contributed by atoms with Crippen molar-refractivity contribution in [3.8, 4) is 51.3 Å². The van der Waals surface area contributed by atoms with Crippen LogP contribution in [0.5, 0.6) is 23.0 Å². The highest BCUT2D eigenvalue weighted by Gasteiger charge is 2.41. The van der Waals surface area contributed by atoms with Gasteiger partial charge < -0.3 is 9.47 Å². The van der Waals surface area contributed by atoms with Gasteiger partial charge >= 0.3 is 0 Å². The second-order valence-corrected chi connectivity index (χ2v) is 13.7. The van der Waals surface area contributed by atoms with E-state index in [4.69, 9.17) is 19.4 Å². The second-order valence-electron chi connectivity index (χ2n) is 13.7. The number of hydrogen-bond acceptors (Lipinski definition) is 4. The van der Waals surface area contributed by atoms with Gasteiger partial charge in [0.25, 0.3) is 6.71 Å². The third-order valence-electron chi connectivity index (χ3n) is 10.4. The van der Waals surface area contributed by atoms with E-state index in [0.717, 1.165) is 85.9 Å². The molecule has 0 spiro atoms. The van der Waals surface area contributed by atoms with Crippen molar-refractivity contribution in [2.45, 2.75) is 53.4 Å². The maximum absolute atomic E-state index is 6.73. The second kappa shape index (κ2) is 12.1. The molecule has 6 heteroatoms. The van der Waals surface area contributed by atoms with Gasteiger partial charge in [-0.3, -0.25) is 9.55 Å². The zero-order valence-electron chi connectivity index (χ0n) is 29.0. The maximum atomic E-state index is 6.73. The molecular formula is C44H38BN3O2. The Morgan fingerprint density at radius 1 is 0.680 bits per heavy atom. The first-order valence-corrected chi connectivity index (χ1v) is 17.8. The van der Waals surface area contributed by atoms with Crippen LogP contribution in [0.15, 0.2) is 109 Å². The first-order chi connectivity index (χ1) is 24.5. The Bertz CT molecular complexity index is 2430. The molecule has 0 bridgehead atoms.